The number of halogens is 1. The van der Waals surface area contributed by atoms with Gasteiger partial charge in [-0.1, -0.05) is 6.07 Å². The van der Waals surface area contributed by atoms with Gasteiger partial charge < -0.3 is 14.2 Å². The summed E-state index contributed by atoms with van der Waals surface area (Å²) in [4.78, 5) is 12.7. The molecule has 24 heavy (non-hydrogen) atoms. The Morgan fingerprint density at radius 1 is 0.875 bits per heavy atom. The van der Waals surface area contributed by atoms with Gasteiger partial charge in [-0.25, -0.2) is 4.39 Å². The number of benzene rings is 2. The van der Waals surface area contributed by atoms with E-state index >= 15 is 0 Å². The average molecular weight is 326 g/mol. The van der Waals surface area contributed by atoms with Gasteiger partial charge in [-0.15, -0.1) is 0 Å². The van der Waals surface area contributed by atoms with Crippen molar-refractivity contribution in [2.24, 2.45) is 0 Å². The van der Waals surface area contributed by atoms with Gasteiger partial charge in [0, 0.05) is 12.0 Å². The van der Waals surface area contributed by atoms with E-state index in [2.05, 4.69) is 0 Å². The molecular formula is C19H15FO4. The summed E-state index contributed by atoms with van der Waals surface area (Å²) >= 11 is 0. The summed E-state index contributed by atoms with van der Waals surface area (Å²) in [5.74, 6) is 1.13. The summed E-state index contributed by atoms with van der Waals surface area (Å²) < 4.78 is 30.1. The molecule has 2 aliphatic heterocycles. The lowest BCUT2D eigenvalue weighted by Gasteiger charge is -2.18. The lowest BCUT2D eigenvalue weighted by molar-refractivity contribution is 0.103. The maximum Gasteiger partial charge on any atom is 0.192 e. The summed E-state index contributed by atoms with van der Waals surface area (Å²) in [7, 11) is 0. The number of hydrogen-bond acceptors (Lipinski definition) is 4. The number of rotatable bonds is 1. The summed E-state index contributed by atoms with van der Waals surface area (Å²) in [6, 6.07) is 9.54. The molecule has 0 fully saturated rings. The van der Waals surface area contributed by atoms with Crippen molar-refractivity contribution in [3.05, 3.63) is 58.9 Å². The van der Waals surface area contributed by atoms with Crippen LogP contribution in [0.5, 0.6) is 17.2 Å². The Bertz CT molecular complexity index is 841. The van der Waals surface area contributed by atoms with Gasteiger partial charge in [0.15, 0.2) is 17.3 Å². The molecule has 0 aliphatic carbocycles. The van der Waals surface area contributed by atoms with Crippen LogP contribution in [0.4, 0.5) is 4.39 Å². The van der Waals surface area contributed by atoms with Crippen LogP contribution in [0.15, 0.2) is 42.0 Å². The fraction of sp³-hybridized carbons (Fsp3) is 0.211. The molecule has 0 radical (unpaired) electrons. The van der Waals surface area contributed by atoms with Gasteiger partial charge in [0.25, 0.3) is 0 Å². The minimum Gasteiger partial charge on any atom is -0.492 e. The van der Waals surface area contributed by atoms with Crippen molar-refractivity contribution in [1.82, 2.24) is 0 Å². The van der Waals surface area contributed by atoms with Gasteiger partial charge in [-0.2, -0.15) is 0 Å². The Labute approximate surface area is 138 Å². The number of ether oxygens (including phenoxy) is 3. The van der Waals surface area contributed by atoms with E-state index in [-0.39, 0.29) is 11.3 Å². The summed E-state index contributed by atoms with van der Waals surface area (Å²) in [5.41, 5.74) is 1.68. The van der Waals surface area contributed by atoms with Gasteiger partial charge in [-0.3, -0.25) is 4.79 Å². The zero-order valence-electron chi connectivity index (χ0n) is 12.9. The predicted molar refractivity (Wildman–Crippen MR) is 86.3 cm³/mol. The number of carbonyl (C=O) groups is 1. The fourth-order valence-electron chi connectivity index (χ4n) is 2.85. The van der Waals surface area contributed by atoms with Crippen LogP contribution in [0.3, 0.4) is 0 Å². The molecule has 122 valence electrons. The first-order valence-electron chi connectivity index (χ1n) is 7.78. The summed E-state index contributed by atoms with van der Waals surface area (Å²) in [6.07, 6.45) is 2.26. The van der Waals surface area contributed by atoms with Crippen molar-refractivity contribution in [2.75, 3.05) is 19.8 Å². The Balaban J connectivity index is 1.70. The molecular weight excluding hydrogens is 311 g/mol. The Morgan fingerprint density at radius 3 is 2.50 bits per heavy atom. The molecule has 0 aromatic heterocycles. The van der Waals surface area contributed by atoms with E-state index in [1.54, 1.807) is 6.08 Å². The highest BCUT2D eigenvalue weighted by Crippen LogP contribution is 2.33. The monoisotopic (exact) mass is 326 g/mol. The molecule has 0 saturated carbocycles. The molecule has 2 aromatic carbocycles. The highest BCUT2D eigenvalue weighted by molar-refractivity contribution is 6.13. The van der Waals surface area contributed by atoms with Gasteiger partial charge in [-0.05, 0) is 42.0 Å². The van der Waals surface area contributed by atoms with Gasteiger partial charge in [0.1, 0.15) is 24.8 Å². The third-order valence-corrected chi connectivity index (χ3v) is 4.01. The maximum absolute atomic E-state index is 13.5. The molecule has 2 aromatic rings. The quantitative estimate of drug-likeness (QED) is 0.751. The molecule has 4 nitrogen and oxygen atoms in total. The van der Waals surface area contributed by atoms with Crippen LogP contribution >= 0.6 is 0 Å². The first-order valence-corrected chi connectivity index (χ1v) is 7.78. The first-order chi connectivity index (χ1) is 11.7. The smallest absolute Gasteiger partial charge is 0.192 e. The molecule has 0 unspecified atom stereocenters. The second-order valence-electron chi connectivity index (χ2n) is 5.64. The minimum absolute atomic E-state index is 0.211. The highest BCUT2D eigenvalue weighted by Gasteiger charge is 2.22. The molecule has 0 spiro atoms. The Kier molecular flexibility index (Phi) is 3.69. The lowest BCUT2D eigenvalue weighted by atomic mass is 9.99. The lowest BCUT2D eigenvalue weighted by Crippen LogP contribution is -2.15. The van der Waals surface area contributed by atoms with Crippen molar-refractivity contribution >= 4 is 11.9 Å². The molecule has 0 bridgehead atoms. The van der Waals surface area contributed by atoms with Crippen molar-refractivity contribution in [3.63, 3.8) is 0 Å². The van der Waals surface area contributed by atoms with E-state index in [1.807, 2.05) is 18.2 Å². The first kappa shape index (κ1) is 14.8. The molecule has 5 heteroatoms. The van der Waals surface area contributed by atoms with E-state index in [0.717, 1.165) is 5.56 Å². The second kappa shape index (κ2) is 6.00. The number of ketones is 1. The summed E-state index contributed by atoms with van der Waals surface area (Å²) in [5, 5.41) is 0. The minimum atomic E-state index is -0.453. The van der Waals surface area contributed by atoms with Crippen LogP contribution in [0.1, 0.15) is 22.3 Å². The molecule has 0 saturated heterocycles. The van der Waals surface area contributed by atoms with E-state index in [0.29, 0.717) is 49.1 Å². The van der Waals surface area contributed by atoms with Crippen molar-refractivity contribution < 1.29 is 23.4 Å². The van der Waals surface area contributed by atoms with Crippen LogP contribution in [-0.4, -0.2) is 25.6 Å². The molecule has 0 N–H and O–H groups in total. The van der Waals surface area contributed by atoms with Gasteiger partial charge in [0.05, 0.1) is 12.2 Å². The summed E-state index contributed by atoms with van der Waals surface area (Å²) in [6.45, 7) is 1.42. The van der Waals surface area contributed by atoms with Crippen LogP contribution in [0.25, 0.3) is 6.08 Å². The van der Waals surface area contributed by atoms with Crippen LogP contribution < -0.4 is 14.2 Å². The predicted octanol–water partition coefficient (Wildman–Crippen LogP) is 3.65. The molecule has 4 rings (SSSR count). The van der Waals surface area contributed by atoms with E-state index in [1.165, 1.54) is 18.2 Å². The molecule has 2 heterocycles. The zero-order chi connectivity index (χ0) is 16.5. The standard InChI is InChI=1S/C19H15FO4/c20-14-2-4-16-15(11-14)19(21)13(5-6-22-16)9-12-1-3-17-18(10-12)24-8-7-23-17/h1-4,9-11H,5-8H2/b13-9+. The van der Waals surface area contributed by atoms with Crippen molar-refractivity contribution in [1.29, 1.82) is 0 Å². The topological polar surface area (TPSA) is 44.8 Å². The molecule has 0 atom stereocenters. The van der Waals surface area contributed by atoms with Crippen LogP contribution in [0, 0.1) is 5.82 Å². The Hall–Kier alpha value is -2.82. The SMILES string of the molecule is O=C1/C(=C/c2ccc3c(c2)OCCO3)CCOc2ccc(F)cc21. The van der Waals surface area contributed by atoms with Crippen LogP contribution in [0.2, 0.25) is 0 Å². The number of Topliss-reactive ketones (excluding diaryl/α,β-unsaturated/α-hetero) is 1. The van der Waals surface area contributed by atoms with Crippen LogP contribution in [-0.2, 0) is 0 Å². The zero-order valence-corrected chi connectivity index (χ0v) is 12.9. The van der Waals surface area contributed by atoms with E-state index in [9.17, 15) is 9.18 Å². The van der Waals surface area contributed by atoms with Gasteiger partial charge >= 0.3 is 0 Å². The van der Waals surface area contributed by atoms with E-state index in [4.69, 9.17) is 14.2 Å². The van der Waals surface area contributed by atoms with Crippen molar-refractivity contribution in [3.8, 4) is 17.2 Å². The number of hydrogen-bond donors (Lipinski definition) is 0. The van der Waals surface area contributed by atoms with Gasteiger partial charge in [0.2, 0.25) is 0 Å². The highest BCUT2D eigenvalue weighted by atomic mass is 19.1. The van der Waals surface area contributed by atoms with E-state index < -0.39 is 5.82 Å². The second-order valence-corrected chi connectivity index (χ2v) is 5.64. The van der Waals surface area contributed by atoms with Crippen molar-refractivity contribution in [2.45, 2.75) is 6.42 Å². The maximum atomic E-state index is 13.5. The third-order valence-electron chi connectivity index (χ3n) is 4.01. The molecule has 2 aliphatic rings. The average Bonchev–Trinajstić information content (AvgIpc) is 2.75. The number of fused-ring (bicyclic) bond motifs is 2. The number of carbonyl (C=O) groups excluding carboxylic acids is 1. The largest absolute Gasteiger partial charge is 0.492 e. The molecule has 0 amide bonds. The normalized spacial score (nSPS) is 17.9. The third kappa shape index (κ3) is 2.73. The fourth-order valence-corrected chi connectivity index (χ4v) is 2.85. The Morgan fingerprint density at radius 2 is 1.62 bits per heavy atom.